The summed E-state index contributed by atoms with van der Waals surface area (Å²) in [6.45, 7) is 38.0. The van der Waals surface area contributed by atoms with Crippen LogP contribution in [0.1, 0.15) is 174 Å². The van der Waals surface area contributed by atoms with E-state index in [-0.39, 0.29) is 60.3 Å². The van der Waals surface area contributed by atoms with Gasteiger partial charge < -0.3 is 0 Å². The van der Waals surface area contributed by atoms with Gasteiger partial charge in [0.15, 0.2) is 0 Å². The van der Waals surface area contributed by atoms with Crippen molar-refractivity contribution in [2.75, 3.05) is 0 Å². The minimum atomic E-state index is 0. The Bertz CT molecular complexity index is 5000. The second-order valence-corrected chi connectivity index (χ2v) is 26.4. The number of hydrogen-bond donors (Lipinski definition) is 0. The first-order chi connectivity index (χ1) is 46.4. The van der Waals surface area contributed by atoms with Crippen molar-refractivity contribution in [2.45, 2.75) is 148 Å². The summed E-state index contributed by atoms with van der Waals surface area (Å²) in [6.07, 6.45) is 0. The molecule has 0 spiro atoms. The summed E-state index contributed by atoms with van der Waals surface area (Å²) in [5, 5.41) is 42.9. The van der Waals surface area contributed by atoms with E-state index >= 15 is 0 Å². The van der Waals surface area contributed by atoms with Crippen molar-refractivity contribution in [3.8, 4) is 103 Å². The molecule has 12 aromatic rings. The first-order valence-electron chi connectivity index (χ1n) is 33.1. The van der Waals surface area contributed by atoms with Gasteiger partial charge in [-0.2, -0.15) is 31.1 Å². The van der Waals surface area contributed by atoms with E-state index in [1.54, 1.807) is 0 Å². The van der Waals surface area contributed by atoms with Gasteiger partial charge in [0.2, 0.25) is 0 Å². The molecule has 0 aliphatic heterocycles. The van der Waals surface area contributed by atoms with E-state index in [9.17, 15) is 15.8 Å². The van der Waals surface area contributed by atoms with E-state index in [0.717, 1.165) is 124 Å². The molecule has 3 aromatic heterocycles. The molecule has 0 unspecified atom stereocenters. The molecule has 3 heterocycles. The quantitative estimate of drug-likeness (QED) is 0.102. The Morgan fingerprint density at radius 1 is 0.360 bits per heavy atom. The average Bonchev–Trinajstić information content (AvgIpc) is 1.51. The molecule has 0 aliphatic rings. The molecule has 0 N–H and O–H groups in total. The van der Waals surface area contributed by atoms with Gasteiger partial charge in [0.25, 0.3) is 0 Å². The van der Waals surface area contributed by atoms with Gasteiger partial charge in [-0.05, 0) is 189 Å². The number of aryl methyl sites for hydroxylation is 9. The van der Waals surface area contributed by atoms with E-state index in [1.165, 1.54) is 27.8 Å². The zero-order chi connectivity index (χ0) is 69.7. The Hall–Kier alpha value is -9.18. The zero-order valence-electron chi connectivity index (χ0n) is 60.1. The molecular formula is C85H83Ir3N12-3. The van der Waals surface area contributed by atoms with Gasteiger partial charge in [-0.15, -0.1) is 101 Å². The van der Waals surface area contributed by atoms with E-state index in [0.29, 0.717) is 52.0 Å². The van der Waals surface area contributed by atoms with Crippen molar-refractivity contribution in [1.82, 2.24) is 44.3 Å². The summed E-state index contributed by atoms with van der Waals surface area (Å²) in [7, 11) is 0. The third-order valence-corrected chi connectivity index (χ3v) is 17.7. The van der Waals surface area contributed by atoms with Gasteiger partial charge in [0.1, 0.15) is 17.5 Å². The fourth-order valence-corrected chi connectivity index (χ4v) is 13.1. The molecule has 0 saturated carbocycles. The predicted molar refractivity (Wildman–Crippen MR) is 391 cm³/mol. The van der Waals surface area contributed by atoms with Crippen LogP contribution in [0, 0.1) is 121 Å². The number of benzene rings is 9. The average molecular weight is 1850 g/mol. The molecular weight excluding hydrogens is 1770 g/mol. The van der Waals surface area contributed by atoms with Gasteiger partial charge in [-0.1, -0.05) is 139 Å². The molecule has 0 amide bonds. The third kappa shape index (κ3) is 16.7. The van der Waals surface area contributed by atoms with E-state index in [4.69, 9.17) is 30.2 Å². The van der Waals surface area contributed by atoms with Crippen molar-refractivity contribution < 1.29 is 60.3 Å². The van der Waals surface area contributed by atoms with Crippen LogP contribution in [-0.2, 0) is 60.3 Å². The summed E-state index contributed by atoms with van der Waals surface area (Å²) in [6, 6.07) is 67.8. The maximum Gasteiger partial charge on any atom is 0.137 e. The molecule has 12 nitrogen and oxygen atoms in total. The second kappa shape index (κ2) is 33.8. The van der Waals surface area contributed by atoms with Gasteiger partial charge in [-0.3, -0.25) is 29.0 Å². The van der Waals surface area contributed by atoms with Crippen molar-refractivity contribution in [3.63, 3.8) is 0 Å². The van der Waals surface area contributed by atoms with Gasteiger partial charge in [0, 0.05) is 60.3 Å². The van der Waals surface area contributed by atoms with Crippen molar-refractivity contribution >= 4 is 0 Å². The number of para-hydroxylation sites is 2. The van der Waals surface area contributed by atoms with Crippen LogP contribution in [0.3, 0.4) is 0 Å². The monoisotopic (exact) mass is 1850 g/mol. The fraction of sp³-hybridized carbons (Fsp3) is 0.259. The summed E-state index contributed by atoms with van der Waals surface area (Å²) in [5.74, 6) is 5.84. The number of nitrogens with zero attached hydrogens (tertiary/aromatic N) is 12. The maximum absolute atomic E-state index is 9.67. The third-order valence-electron chi connectivity index (χ3n) is 17.7. The molecule has 0 aliphatic carbocycles. The summed E-state index contributed by atoms with van der Waals surface area (Å²) < 4.78 is 5.91. The Balaban J connectivity index is 0.000000208. The van der Waals surface area contributed by atoms with Gasteiger partial charge >= 0.3 is 0 Å². The number of hydrogen-bond acceptors (Lipinski definition) is 9. The Kier molecular flexibility index (Phi) is 26.4. The largest absolute Gasteiger partial charge is 0.262 e. The maximum atomic E-state index is 9.67. The standard InChI is InChI=1S/C30H31N4.C29H29N4.C26H23N4.3Ir/c1-18(2)26-12-9-13-27(19(3)4)29(26)34-30(32-22(7)33-34)24-11-8-10-23(16-24)28-20(5)14-15-25(17-31)21(28)6;1-18(2)25-14-9-15-26(19(3)4)28(25)33-29(31-21(6)32-33)23-12-8-11-22(16-23)27-20(5)10-7-13-24(27)17-30;1-16-11-18(3)25(19(4)12-16)30-26(28-20(5)29-30)23-8-6-7-22(14-23)24-13-21(15-27)10-9-17(24)2;;;/h8-10,12-16,18-19H,1-7H3;7-11,13-16,18-19H,1-6H3;6-7,9-14H,1-5H3;;;/q3*-1;;;. The summed E-state index contributed by atoms with van der Waals surface area (Å²) in [4.78, 5) is 14.4. The molecule has 3 radical (unpaired) electrons. The van der Waals surface area contributed by atoms with Crippen LogP contribution >= 0.6 is 0 Å². The smallest absolute Gasteiger partial charge is 0.137 e. The second-order valence-electron chi connectivity index (χ2n) is 26.4. The molecule has 9 aromatic carbocycles. The number of nitriles is 3. The Labute approximate surface area is 631 Å². The fourth-order valence-electron chi connectivity index (χ4n) is 13.1. The molecule has 0 bridgehead atoms. The van der Waals surface area contributed by atoms with Crippen molar-refractivity contribution in [2.24, 2.45) is 0 Å². The predicted octanol–water partition coefficient (Wildman–Crippen LogP) is 20.4. The SMILES string of the molecule is Cc1cc(C)c(-n2nc(C)nc2-c2[c-]ccc(-c3cc(C#N)ccc3C)c2)c(C)c1.Cc1nc(-c2[c-]ccc(-c3c(C)ccc(C#N)c3C)c2)n(-c2c(C(C)C)cccc2C(C)C)n1.Cc1nc(-c2[c-]ccc(-c3c(C)cccc3C#N)c2)n(-c2c(C(C)C)cccc2C(C)C)n1.[Ir].[Ir].[Ir]. The van der Waals surface area contributed by atoms with Crippen LogP contribution in [0.4, 0.5) is 0 Å². The number of aromatic nitrogens is 9. The van der Waals surface area contributed by atoms with Crippen LogP contribution in [0.15, 0.2) is 152 Å². The normalized spacial score (nSPS) is 10.8. The summed E-state index contributed by atoms with van der Waals surface area (Å²) >= 11 is 0. The van der Waals surface area contributed by atoms with Crippen LogP contribution < -0.4 is 0 Å². The van der Waals surface area contributed by atoms with E-state index < -0.39 is 0 Å². The zero-order valence-corrected chi connectivity index (χ0v) is 67.3. The van der Waals surface area contributed by atoms with E-state index in [2.05, 4.69) is 199 Å². The molecule has 0 fully saturated rings. The minimum absolute atomic E-state index is 0. The molecule has 12 rings (SSSR count). The van der Waals surface area contributed by atoms with Crippen molar-refractivity contribution in [1.29, 1.82) is 15.8 Å². The van der Waals surface area contributed by atoms with Crippen LogP contribution in [0.25, 0.3) is 84.6 Å². The molecule has 100 heavy (non-hydrogen) atoms. The van der Waals surface area contributed by atoms with Crippen LogP contribution in [0.2, 0.25) is 0 Å². The van der Waals surface area contributed by atoms with Crippen molar-refractivity contribution in [3.05, 3.63) is 265 Å². The van der Waals surface area contributed by atoms with Crippen LogP contribution in [0.5, 0.6) is 0 Å². The molecule has 0 atom stereocenters. The Morgan fingerprint density at radius 2 is 0.740 bits per heavy atom. The Morgan fingerprint density at radius 3 is 1.16 bits per heavy atom. The van der Waals surface area contributed by atoms with E-state index in [1.807, 2.05) is 128 Å². The van der Waals surface area contributed by atoms with Gasteiger partial charge in [0.05, 0.1) is 69.4 Å². The molecule has 15 heteroatoms. The topological polar surface area (TPSA) is 164 Å². The first-order valence-corrected chi connectivity index (χ1v) is 33.1. The summed E-state index contributed by atoms with van der Waals surface area (Å²) in [5.41, 5.74) is 26.9. The molecule has 0 saturated heterocycles. The number of rotatable bonds is 13. The molecule has 513 valence electrons. The van der Waals surface area contributed by atoms with Gasteiger partial charge in [-0.25, -0.2) is 0 Å². The first kappa shape index (κ1) is 78.2. The van der Waals surface area contributed by atoms with Crippen LogP contribution in [-0.4, -0.2) is 44.3 Å². The minimum Gasteiger partial charge on any atom is -0.262 e.